The van der Waals surface area contributed by atoms with Gasteiger partial charge in [0.1, 0.15) is 12.4 Å². The minimum Gasteiger partial charge on any atom is -0.486 e. The van der Waals surface area contributed by atoms with Crippen molar-refractivity contribution in [2.24, 2.45) is 7.05 Å². The molecule has 0 fully saturated rings. The van der Waals surface area contributed by atoms with Crippen LogP contribution in [0.5, 0.6) is 5.75 Å². The molecule has 0 spiro atoms. The molecule has 0 aliphatic rings. The van der Waals surface area contributed by atoms with Crippen molar-refractivity contribution in [1.29, 1.82) is 0 Å². The second-order valence-electron chi connectivity index (χ2n) is 4.37. The van der Waals surface area contributed by atoms with E-state index in [0.717, 1.165) is 21.3 Å². The smallest absolute Gasteiger partial charge is 0.134 e. The van der Waals surface area contributed by atoms with E-state index in [4.69, 9.17) is 4.74 Å². The summed E-state index contributed by atoms with van der Waals surface area (Å²) in [5, 5.41) is 6.64. The quantitative estimate of drug-likeness (QED) is 0.732. The monoisotopic (exact) mass is 316 g/mol. The highest BCUT2D eigenvalue weighted by atomic mass is 79.9. The highest BCUT2D eigenvalue weighted by Crippen LogP contribution is 2.33. The molecule has 4 heteroatoms. The zero-order valence-corrected chi connectivity index (χ0v) is 12.1. The number of aromatic nitrogens is 2. The summed E-state index contributed by atoms with van der Waals surface area (Å²) in [5.41, 5.74) is 0.919. The third-order valence-electron chi connectivity index (χ3n) is 2.97. The highest BCUT2D eigenvalue weighted by Gasteiger charge is 2.06. The largest absolute Gasteiger partial charge is 0.486 e. The van der Waals surface area contributed by atoms with Gasteiger partial charge in [0.25, 0.3) is 0 Å². The fourth-order valence-electron chi connectivity index (χ4n) is 2.02. The molecule has 3 nitrogen and oxygen atoms in total. The number of benzene rings is 2. The molecule has 0 bridgehead atoms. The van der Waals surface area contributed by atoms with Crippen molar-refractivity contribution in [1.82, 2.24) is 9.78 Å². The number of hydrogen-bond donors (Lipinski definition) is 0. The zero-order chi connectivity index (χ0) is 13.2. The summed E-state index contributed by atoms with van der Waals surface area (Å²) in [6.07, 6.45) is 1.91. The average molecular weight is 317 g/mol. The summed E-state index contributed by atoms with van der Waals surface area (Å²) in [6.45, 7) is 0.470. The van der Waals surface area contributed by atoms with Crippen molar-refractivity contribution >= 4 is 26.7 Å². The maximum atomic E-state index is 5.82. The van der Waals surface area contributed by atoms with Crippen LogP contribution in [0.15, 0.2) is 53.1 Å². The lowest BCUT2D eigenvalue weighted by Gasteiger charge is -2.09. The molecule has 1 heterocycles. The lowest BCUT2D eigenvalue weighted by atomic mass is 10.1. The Kier molecular flexibility index (Phi) is 3.25. The van der Waals surface area contributed by atoms with Crippen LogP contribution in [0.3, 0.4) is 0 Å². The van der Waals surface area contributed by atoms with E-state index in [2.05, 4.69) is 39.2 Å². The Hall–Kier alpha value is -1.81. The van der Waals surface area contributed by atoms with Gasteiger partial charge >= 0.3 is 0 Å². The Morgan fingerprint density at radius 1 is 1.16 bits per heavy atom. The van der Waals surface area contributed by atoms with Gasteiger partial charge < -0.3 is 4.74 Å². The number of fused-ring (bicyclic) bond motifs is 1. The molecule has 0 amide bonds. The average Bonchev–Trinajstić information content (AvgIpc) is 2.84. The molecule has 0 saturated carbocycles. The third-order valence-corrected chi connectivity index (χ3v) is 3.79. The van der Waals surface area contributed by atoms with E-state index < -0.39 is 0 Å². The minimum absolute atomic E-state index is 0.470. The van der Waals surface area contributed by atoms with Gasteiger partial charge in [-0.2, -0.15) is 5.10 Å². The van der Waals surface area contributed by atoms with Crippen LogP contribution in [0.25, 0.3) is 10.8 Å². The van der Waals surface area contributed by atoms with Gasteiger partial charge in [-0.1, -0.05) is 30.3 Å². The van der Waals surface area contributed by atoms with E-state index in [9.17, 15) is 0 Å². The Bertz CT molecular complexity index is 721. The van der Waals surface area contributed by atoms with Gasteiger partial charge in [0, 0.05) is 13.2 Å². The van der Waals surface area contributed by atoms with Crippen LogP contribution < -0.4 is 4.74 Å². The first-order valence-electron chi connectivity index (χ1n) is 6.02. The molecule has 0 saturated heterocycles. The summed E-state index contributed by atoms with van der Waals surface area (Å²) in [7, 11) is 1.90. The van der Waals surface area contributed by atoms with E-state index >= 15 is 0 Å². The third kappa shape index (κ3) is 2.49. The van der Waals surface area contributed by atoms with Crippen molar-refractivity contribution in [3.63, 3.8) is 0 Å². The molecular formula is C15H13BrN2O. The van der Waals surface area contributed by atoms with Gasteiger partial charge in [-0.05, 0) is 38.8 Å². The Labute approximate surface area is 119 Å². The van der Waals surface area contributed by atoms with Gasteiger partial charge in [0.2, 0.25) is 0 Å². The van der Waals surface area contributed by atoms with Gasteiger partial charge in [-0.25, -0.2) is 0 Å². The number of rotatable bonds is 3. The Morgan fingerprint density at radius 2 is 2.00 bits per heavy atom. The van der Waals surface area contributed by atoms with Gasteiger partial charge in [0.05, 0.1) is 10.2 Å². The SMILES string of the molecule is Cn1ccc(COc2ccc3ccccc3c2Br)n1. The van der Waals surface area contributed by atoms with Crippen LogP contribution in [-0.2, 0) is 13.7 Å². The number of nitrogens with zero attached hydrogens (tertiary/aromatic N) is 2. The Balaban J connectivity index is 1.87. The van der Waals surface area contributed by atoms with Crippen LogP contribution in [0.1, 0.15) is 5.69 Å². The fraction of sp³-hybridized carbons (Fsp3) is 0.133. The fourth-order valence-corrected chi connectivity index (χ4v) is 2.62. The lowest BCUT2D eigenvalue weighted by Crippen LogP contribution is -1.98. The van der Waals surface area contributed by atoms with Gasteiger partial charge in [-0.15, -0.1) is 0 Å². The highest BCUT2D eigenvalue weighted by molar-refractivity contribution is 9.10. The summed E-state index contributed by atoms with van der Waals surface area (Å²) < 4.78 is 8.58. The normalized spacial score (nSPS) is 10.8. The number of hydrogen-bond acceptors (Lipinski definition) is 2. The van der Waals surface area contributed by atoms with Crippen molar-refractivity contribution in [3.8, 4) is 5.75 Å². The number of aryl methyl sites for hydroxylation is 1. The minimum atomic E-state index is 0.470. The zero-order valence-electron chi connectivity index (χ0n) is 10.5. The van der Waals surface area contributed by atoms with E-state index in [-0.39, 0.29) is 0 Å². The second kappa shape index (κ2) is 5.05. The first kappa shape index (κ1) is 12.2. The molecule has 2 aromatic carbocycles. The van der Waals surface area contributed by atoms with Gasteiger partial charge in [-0.3, -0.25) is 4.68 Å². The molecule has 0 radical (unpaired) electrons. The molecule has 3 rings (SSSR count). The predicted octanol–water partition coefficient (Wildman–Crippen LogP) is 3.91. The van der Waals surface area contributed by atoms with E-state index in [1.165, 1.54) is 5.39 Å². The van der Waals surface area contributed by atoms with Gasteiger partial charge in [0.15, 0.2) is 0 Å². The Morgan fingerprint density at radius 3 is 2.79 bits per heavy atom. The molecule has 0 N–H and O–H groups in total. The van der Waals surface area contributed by atoms with Crippen LogP contribution >= 0.6 is 15.9 Å². The molecule has 0 atom stereocenters. The summed E-state index contributed by atoms with van der Waals surface area (Å²) in [5.74, 6) is 0.837. The number of ether oxygens (including phenoxy) is 1. The topological polar surface area (TPSA) is 27.1 Å². The van der Waals surface area contributed by atoms with E-state index in [1.807, 2.05) is 37.5 Å². The van der Waals surface area contributed by atoms with Crippen molar-refractivity contribution in [2.45, 2.75) is 6.61 Å². The second-order valence-corrected chi connectivity index (χ2v) is 5.16. The first-order chi connectivity index (χ1) is 9.24. The summed E-state index contributed by atoms with van der Waals surface area (Å²) in [4.78, 5) is 0. The lowest BCUT2D eigenvalue weighted by molar-refractivity contribution is 0.298. The maximum absolute atomic E-state index is 5.82. The van der Waals surface area contributed by atoms with Crippen LogP contribution in [-0.4, -0.2) is 9.78 Å². The molecule has 1 aromatic heterocycles. The molecule has 0 aliphatic heterocycles. The molecule has 0 aliphatic carbocycles. The van der Waals surface area contributed by atoms with Crippen molar-refractivity contribution in [2.75, 3.05) is 0 Å². The van der Waals surface area contributed by atoms with Crippen molar-refractivity contribution in [3.05, 3.63) is 58.8 Å². The molecule has 3 aromatic rings. The van der Waals surface area contributed by atoms with E-state index in [0.29, 0.717) is 6.61 Å². The predicted molar refractivity (Wildman–Crippen MR) is 79.2 cm³/mol. The molecule has 0 unspecified atom stereocenters. The van der Waals surface area contributed by atoms with Crippen LogP contribution in [0.2, 0.25) is 0 Å². The van der Waals surface area contributed by atoms with E-state index in [1.54, 1.807) is 4.68 Å². The summed E-state index contributed by atoms with van der Waals surface area (Å²) in [6, 6.07) is 14.2. The number of halogens is 1. The molecule has 96 valence electrons. The van der Waals surface area contributed by atoms with Crippen molar-refractivity contribution < 1.29 is 4.74 Å². The summed E-state index contributed by atoms with van der Waals surface area (Å²) >= 11 is 3.61. The molecular weight excluding hydrogens is 304 g/mol. The van der Waals surface area contributed by atoms with Crippen LogP contribution in [0, 0.1) is 0 Å². The van der Waals surface area contributed by atoms with Crippen LogP contribution in [0.4, 0.5) is 0 Å². The standard InChI is InChI=1S/C15H13BrN2O/c1-18-9-8-12(17-18)10-19-14-7-6-11-4-2-3-5-13(11)15(14)16/h2-9H,10H2,1H3. The maximum Gasteiger partial charge on any atom is 0.134 e. The molecule has 19 heavy (non-hydrogen) atoms. The first-order valence-corrected chi connectivity index (χ1v) is 6.82.